The van der Waals surface area contributed by atoms with Crippen LogP contribution in [-0.4, -0.2) is 10.7 Å². The lowest BCUT2D eigenvalue weighted by Crippen LogP contribution is -1.96. The van der Waals surface area contributed by atoms with Gasteiger partial charge in [0.1, 0.15) is 0 Å². The van der Waals surface area contributed by atoms with Gasteiger partial charge in [0, 0.05) is 12.4 Å². The molecule has 1 rings (SSSR count). The van der Waals surface area contributed by atoms with Gasteiger partial charge in [-0.2, -0.15) is 0 Å². The first-order chi connectivity index (χ1) is 6.74. The molecular formula is C12H14N2. The minimum Gasteiger partial charge on any atom is -0.259 e. The minimum atomic E-state index is 0.903. The van der Waals surface area contributed by atoms with Crippen LogP contribution in [0.5, 0.6) is 0 Å². The van der Waals surface area contributed by atoms with Crippen LogP contribution in [0.1, 0.15) is 19.5 Å². The number of nitrogens with zero attached hydrogens (tertiary/aromatic N) is 2. The van der Waals surface area contributed by atoms with Crippen LogP contribution >= 0.6 is 0 Å². The number of hydrogen-bond acceptors (Lipinski definition) is 2. The maximum Gasteiger partial charge on any atom is 0.0841 e. The fourth-order valence-electron chi connectivity index (χ4n) is 0.894. The summed E-state index contributed by atoms with van der Waals surface area (Å²) < 4.78 is 0. The molecule has 0 aromatic carbocycles. The van der Waals surface area contributed by atoms with E-state index in [0.29, 0.717) is 0 Å². The van der Waals surface area contributed by atoms with Crippen LogP contribution < -0.4 is 0 Å². The molecule has 0 aliphatic heterocycles. The predicted molar refractivity (Wildman–Crippen MR) is 60.4 cm³/mol. The maximum atomic E-state index is 4.29. The summed E-state index contributed by atoms with van der Waals surface area (Å²) in [4.78, 5) is 8.48. The number of aromatic nitrogens is 1. The first-order valence-electron chi connectivity index (χ1n) is 4.49. The number of rotatable bonds is 3. The summed E-state index contributed by atoms with van der Waals surface area (Å²) in [6.07, 6.45) is 5.32. The molecule has 0 N–H and O–H groups in total. The van der Waals surface area contributed by atoms with Crippen LogP contribution in [-0.2, 0) is 0 Å². The van der Waals surface area contributed by atoms with Gasteiger partial charge in [0.2, 0.25) is 0 Å². The molecule has 0 aliphatic carbocycles. The Morgan fingerprint density at radius 1 is 1.43 bits per heavy atom. The van der Waals surface area contributed by atoms with Crippen LogP contribution in [0.2, 0.25) is 0 Å². The van der Waals surface area contributed by atoms with Gasteiger partial charge in [0.25, 0.3) is 0 Å². The predicted octanol–water partition coefficient (Wildman–Crippen LogP) is 2.98. The zero-order valence-corrected chi connectivity index (χ0v) is 8.57. The zero-order valence-electron chi connectivity index (χ0n) is 8.57. The van der Waals surface area contributed by atoms with Crippen molar-refractivity contribution < 1.29 is 0 Å². The quantitative estimate of drug-likeness (QED) is 0.526. The first kappa shape index (κ1) is 10.4. The molecular weight excluding hydrogens is 172 g/mol. The third-order valence-electron chi connectivity index (χ3n) is 1.82. The molecule has 1 heterocycles. The van der Waals surface area contributed by atoms with Crippen molar-refractivity contribution in [2.45, 2.75) is 13.8 Å². The van der Waals surface area contributed by atoms with Gasteiger partial charge in [-0.25, -0.2) is 0 Å². The summed E-state index contributed by atoms with van der Waals surface area (Å²) >= 11 is 0. The lowest BCUT2D eigenvalue weighted by molar-refractivity contribution is 1.27. The summed E-state index contributed by atoms with van der Waals surface area (Å²) in [6.45, 7) is 7.56. The monoisotopic (exact) mass is 186 g/mol. The third-order valence-corrected chi connectivity index (χ3v) is 1.82. The zero-order chi connectivity index (χ0) is 10.4. The highest BCUT2D eigenvalue weighted by molar-refractivity contribution is 5.97. The van der Waals surface area contributed by atoms with Crippen LogP contribution in [0.4, 0.5) is 0 Å². The van der Waals surface area contributed by atoms with Crippen molar-refractivity contribution in [1.29, 1.82) is 0 Å². The van der Waals surface area contributed by atoms with Gasteiger partial charge >= 0.3 is 0 Å². The molecule has 1 aromatic rings. The average molecular weight is 186 g/mol. The Kier molecular flexibility index (Phi) is 3.80. The van der Waals surface area contributed by atoms with E-state index in [0.717, 1.165) is 17.0 Å². The van der Waals surface area contributed by atoms with Crippen molar-refractivity contribution in [1.82, 2.24) is 4.98 Å². The summed E-state index contributed by atoms with van der Waals surface area (Å²) in [5, 5.41) is 0. The number of hydrogen-bond donors (Lipinski definition) is 0. The summed E-state index contributed by atoms with van der Waals surface area (Å²) in [5.74, 6) is 0. The Bertz CT molecular complexity index is 361. The van der Waals surface area contributed by atoms with Crippen molar-refractivity contribution in [3.8, 4) is 0 Å². The lowest BCUT2D eigenvalue weighted by atomic mass is 10.2. The first-order valence-corrected chi connectivity index (χ1v) is 4.49. The molecule has 1 aromatic heterocycles. The average Bonchev–Trinajstić information content (AvgIpc) is 2.26. The van der Waals surface area contributed by atoms with Crippen molar-refractivity contribution in [2.24, 2.45) is 4.99 Å². The van der Waals surface area contributed by atoms with E-state index in [2.05, 4.69) is 16.6 Å². The van der Waals surface area contributed by atoms with E-state index in [1.54, 1.807) is 18.5 Å². The second-order valence-corrected chi connectivity index (χ2v) is 3.01. The summed E-state index contributed by atoms with van der Waals surface area (Å²) in [5.41, 5.74) is 2.85. The van der Waals surface area contributed by atoms with E-state index in [1.165, 1.54) is 0 Å². The molecule has 0 unspecified atom stereocenters. The maximum absolute atomic E-state index is 4.29. The largest absolute Gasteiger partial charge is 0.259 e. The Morgan fingerprint density at radius 2 is 2.21 bits per heavy atom. The Balaban J connectivity index is 2.86. The fraction of sp³-hybridized carbons (Fsp3) is 0.167. The van der Waals surface area contributed by atoms with Crippen LogP contribution in [0, 0.1) is 0 Å². The van der Waals surface area contributed by atoms with Crippen LogP contribution in [0.3, 0.4) is 0 Å². The molecule has 0 fully saturated rings. The molecule has 14 heavy (non-hydrogen) atoms. The summed E-state index contributed by atoms with van der Waals surface area (Å²) in [6, 6.07) is 5.78. The van der Waals surface area contributed by atoms with E-state index in [1.807, 2.05) is 32.0 Å². The van der Waals surface area contributed by atoms with E-state index in [-0.39, 0.29) is 0 Å². The molecule has 2 heteroatoms. The minimum absolute atomic E-state index is 0.903. The number of allylic oxidation sites excluding steroid dienone is 2. The molecule has 0 radical (unpaired) electrons. The van der Waals surface area contributed by atoms with E-state index < -0.39 is 0 Å². The molecule has 2 nitrogen and oxygen atoms in total. The molecule has 72 valence electrons. The topological polar surface area (TPSA) is 25.2 Å². The second-order valence-electron chi connectivity index (χ2n) is 3.01. The highest BCUT2D eigenvalue weighted by Crippen LogP contribution is 1.99. The fourth-order valence-corrected chi connectivity index (χ4v) is 0.894. The normalized spacial score (nSPS) is 12.7. The molecule has 0 spiro atoms. The van der Waals surface area contributed by atoms with Gasteiger partial charge in [-0.1, -0.05) is 18.7 Å². The lowest BCUT2D eigenvalue weighted by Gasteiger charge is -1.96. The molecule has 0 atom stereocenters. The van der Waals surface area contributed by atoms with Crippen molar-refractivity contribution in [3.63, 3.8) is 0 Å². The van der Waals surface area contributed by atoms with Gasteiger partial charge in [0.05, 0.1) is 11.4 Å². The van der Waals surface area contributed by atoms with Gasteiger partial charge < -0.3 is 0 Å². The van der Waals surface area contributed by atoms with Gasteiger partial charge in [0.15, 0.2) is 0 Å². The van der Waals surface area contributed by atoms with Gasteiger partial charge in [-0.15, -0.1) is 0 Å². The highest BCUT2D eigenvalue weighted by Gasteiger charge is 1.94. The van der Waals surface area contributed by atoms with Crippen LogP contribution in [0.15, 0.2) is 53.8 Å². The SMILES string of the molecule is C=C/C(C)=C\N=C(/C)c1ccccn1. The second kappa shape index (κ2) is 5.12. The highest BCUT2D eigenvalue weighted by atomic mass is 14.8. The molecule has 0 amide bonds. The molecule has 0 bridgehead atoms. The van der Waals surface area contributed by atoms with Crippen molar-refractivity contribution in [3.05, 3.63) is 54.5 Å². The number of aliphatic imine (C=N–C) groups is 1. The van der Waals surface area contributed by atoms with Crippen molar-refractivity contribution in [2.75, 3.05) is 0 Å². The molecule has 0 aliphatic rings. The van der Waals surface area contributed by atoms with Crippen LogP contribution in [0.25, 0.3) is 0 Å². The molecule has 0 saturated heterocycles. The Hall–Kier alpha value is -1.70. The van der Waals surface area contributed by atoms with Gasteiger partial charge in [-0.3, -0.25) is 9.98 Å². The van der Waals surface area contributed by atoms with E-state index >= 15 is 0 Å². The van der Waals surface area contributed by atoms with Gasteiger partial charge in [-0.05, 0) is 31.6 Å². The smallest absolute Gasteiger partial charge is 0.0841 e. The standard InChI is InChI=1S/C12H14N2/c1-4-10(2)9-14-11(3)12-7-5-6-8-13-12/h4-9H,1H2,2-3H3/b10-9-,14-11+. The summed E-state index contributed by atoms with van der Waals surface area (Å²) in [7, 11) is 0. The number of pyridine rings is 1. The Morgan fingerprint density at radius 3 is 2.79 bits per heavy atom. The third kappa shape index (κ3) is 2.98. The van der Waals surface area contributed by atoms with E-state index in [4.69, 9.17) is 0 Å². The Labute approximate surface area is 84.7 Å². The van der Waals surface area contributed by atoms with E-state index in [9.17, 15) is 0 Å². The molecule has 0 saturated carbocycles. The van der Waals surface area contributed by atoms with Crippen molar-refractivity contribution >= 4 is 5.71 Å².